The second kappa shape index (κ2) is 9.04. The third kappa shape index (κ3) is 4.77. The van der Waals surface area contributed by atoms with Crippen LogP contribution >= 0.6 is 0 Å². The van der Waals surface area contributed by atoms with Crippen molar-refractivity contribution < 1.29 is 23.8 Å². The Balaban J connectivity index is 1.35. The summed E-state index contributed by atoms with van der Waals surface area (Å²) >= 11 is 0. The molecule has 2 aromatic carbocycles. The summed E-state index contributed by atoms with van der Waals surface area (Å²) in [6.07, 6.45) is 0.957. The maximum Gasteiger partial charge on any atom is 0.357 e. The fourth-order valence-corrected chi connectivity index (χ4v) is 3.54. The molecule has 4 rings (SSSR count). The van der Waals surface area contributed by atoms with Crippen molar-refractivity contribution in [2.45, 2.75) is 32.9 Å². The highest BCUT2D eigenvalue weighted by atomic mass is 16.5. The average molecular weight is 420 g/mol. The first-order valence-corrected chi connectivity index (χ1v) is 10.3. The van der Waals surface area contributed by atoms with Gasteiger partial charge in [-0.2, -0.15) is 0 Å². The van der Waals surface area contributed by atoms with Crippen molar-refractivity contribution in [2.24, 2.45) is 0 Å². The molecule has 1 amide bonds. The lowest BCUT2D eigenvalue weighted by Crippen LogP contribution is -2.28. The fraction of sp³-hybridized carbons (Fsp3) is 0.292. The van der Waals surface area contributed by atoms with E-state index in [0.29, 0.717) is 12.1 Å². The summed E-state index contributed by atoms with van der Waals surface area (Å²) in [4.78, 5) is 28.8. The first-order valence-electron chi connectivity index (χ1n) is 10.3. The van der Waals surface area contributed by atoms with Crippen molar-refractivity contribution in [2.75, 3.05) is 13.2 Å². The van der Waals surface area contributed by atoms with Crippen molar-refractivity contribution >= 4 is 22.8 Å². The highest BCUT2D eigenvalue weighted by Gasteiger charge is 2.22. The molecule has 0 saturated carbocycles. The van der Waals surface area contributed by atoms with Crippen LogP contribution in [-0.4, -0.2) is 36.2 Å². The number of rotatable bonds is 7. The fourth-order valence-electron chi connectivity index (χ4n) is 3.54. The van der Waals surface area contributed by atoms with Crippen molar-refractivity contribution in [3.63, 3.8) is 0 Å². The van der Waals surface area contributed by atoms with Crippen LogP contribution in [0.5, 0.6) is 11.5 Å². The van der Waals surface area contributed by atoms with Gasteiger partial charge in [0.15, 0.2) is 6.61 Å². The Morgan fingerprint density at radius 1 is 1.19 bits per heavy atom. The van der Waals surface area contributed by atoms with E-state index in [1.165, 1.54) is 0 Å². The van der Waals surface area contributed by atoms with Gasteiger partial charge in [0.05, 0.1) is 12.1 Å². The number of hydrogen-bond acceptors (Lipinski definition) is 6. The molecule has 0 spiro atoms. The summed E-state index contributed by atoms with van der Waals surface area (Å²) in [6.45, 7) is 4.29. The second-order valence-corrected chi connectivity index (χ2v) is 7.38. The van der Waals surface area contributed by atoms with Crippen LogP contribution in [-0.2, 0) is 22.5 Å². The number of esters is 1. The van der Waals surface area contributed by atoms with Crippen LogP contribution in [0.1, 0.15) is 35.5 Å². The minimum Gasteiger partial charge on any atom is -0.494 e. The van der Waals surface area contributed by atoms with Crippen LogP contribution in [0, 0.1) is 0 Å². The standard InChI is InChI=1S/C24H24N2O5/c1-3-29-21-11-17-10-15(2)31-22(17)12-18(21)13-25-23(27)14-30-24(28)20-9-8-16-6-4-5-7-19(16)26-20/h4-9,11-12,15H,3,10,13-14H2,1-2H3,(H,25,27)/t15-/m1/s1. The van der Waals surface area contributed by atoms with E-state index in [2.05, 4.69) is 10.3 Å². The van der Waals surface area contributed by atoms with E-state index in [1.54, 1.807) is 12.1 Å². The zero-order valence-electron chi connectivity index (χ0n) is 17.5. The lowest BCUT2D eigenvalue weighted by Gasteiger charge is -2.13. The van der Waals surface area contributed by atoms with Gasteiger partial charge in [0.1, 0.15) is 23.3 Å². The van der Waals surface area contributed by atoms with E-state index >= 15 is 0 Å². The number of fused-ring (bicyclic) bond motifs is 2. The number of ether oxygens (including phenoxy) is 3. The molecule has 160 valence electrons. The van der Waals surface area contributed by atoms with E-state index in [1.807, 2.05) is 50.2 Å². The normalized spacial score (nSPS) is 14.6. The van der Waals surface area contributed by atoms with Gasteiger partial charge in [-0.3, -0.25) is 4.79 Å². The van der Waals surface area contributed by atoms with Crippen LogP contribution in [0.2, 0.25) is 0 Å². The molecule has 2 heterocycles. The van der Waals surface area contributed by atoms with E-state index in [9.17, 15) is 9.59 Å². The number of amides is 1. The Morgan fingerprint density at radius 2 is 2.03 bits per heavy atom. The van der Waals surface area contributed by atoms with Crippen molar-refractivity contribution in [3.05, 3.63) is 65.4 Å². The van der Waals surface area contributed by atoms with Crippen LogP contribution in [0.4, 0.5) is 0 Å². The van der Waals surface area contributed by atoms with Gasteiger partial charge in [-0.25, -0.2) is 9.78 Å². The van der Waals surface area contributed by atoms with Crippen LogP contribution < -0.4 is 14.8 Å². The largest absolute Gasteiger partial charge is 0.494 e. The Kier molecular flexibility index (Phi) is 6.02. The predicted molar refractivity (Wildman–Crippen MR) is 115 cm³/mol. The van der Waals surface area contributed by atoms with Crippen molar-refractivity contribution in [3.8, 4) is 11.5 Å². The number of para-hydroxylation sites is 1. The number of pyridine rings is 1. The van der Waals surface area contributed by atoms with Crippen LogP contribution in [0.15, 0.2) is 48.5 Å². The minimum absolute atomic E-state index is 0.123. The second-order valence-electron chi connectivity index (χ2n) is 7.38. The Morgan fingerprint density at radius 3 is 2.87 bits per heavy atom. The number of nitrogens with one attached hydrogen (secondary N) is 1. The van der Waals surface area contributed by atoms with Crippen molar-refractivity contribution in [1.82, 2.24) is 10.3 Å². The molecule has 0 radical (unpaired) electrons. The number of carbonyl (C=O) groups is 2. The first-order chi connectivity index (χ1) is 15.0. The zero-order chi connectivity index (χ0) is 21.8. The Hall–Kier alpha value is -3.61. The summed E-state index contributed by atoms with van der Waals surface area (Å²) in [6, 6.07) is 14.7. The molecule has 0 saturated heterocycles. The number of benzene rings is 2. The first kappa shape index (κ1) is 20.7. The molecule has 1 aliphatic heterocycles. The highest BCUT2D eigenvalue weighted by molar-refractivity contribution is 5.92. The summed E-state index contributed by atoms with van der Waals surface area (Å²) in [5, 5.41) is 3.69. The molecule has 7 nitrogen and oxygen atoms in total. The number of aromatic nitrogens is 1. The molecule has 1 N–H and O–H groups in total. The quantitative estimate of drug-likeness (QED) is 0.590. The van der Waals surface area contributed by atoms with E-state index in [4.69, 9.17) is 14.2 Å². The summed E-state index contributed by atoms with van der Waals surface area (Å²) in [5.41, 5.74) is 2.77. The third-order valence-corrected chi connectivity index (χ3v) is 5.00. The van der Waals surface area contributed by atoms with Crippen LogP contribution in [0.25, 0.3) is 10.9 Å². The molecule has 7 heteroatoms. The Labute approximate surface area is 180 Å². The van der Waals surface area contributed by atoms with Gasteiger partial charge >= 0.3 is 5.97 Å². The van der Waals surface area contributed by atoms with Gasteiger partial charge in [-0.15, -0.1) is 0 Å². The molecule has 0 bridgehead atoms. The zero-order valence-corrected chi connectivity index (χ0v) is 17.5. The van der Waals surface area contributed by atoms with E-state index < -0.39 is 18.5 Å². The lowest BCUT2D eigenvalue weighted by atomic mass is 10.1. The molecule has 0 aliphatic carbocycles. The Bertz CT molecular complexity index is 1130. The molecule has 1 atom stereocenters. The molecule has 31 heavy (non-hydrogen) atoms. The molecular weight excluding hydrogens is 396 g/mol. The van der Waals surface area contributed by atoms with Gasteiger partial charge in [0.25, 0.3) is 5.91 Å². The van der Waals surface area contributed by atoms with Gasteiger partial charge in [-0.1, -0.05) is 24.3 Å². The maximum atomic E-state index is 12.3. The topological polar surface area (TPSA) is 86.8 Å². The number of carbonyl (C=O) groups excluding carboxylic acids is 2. The SMILES string of the molecule is CCOc1cc2c(cc1CNC(=O)COC(=O)c1ccc3ccccc3n1)O[C@H](C)C2. The number of nitrogens with zero attached hydrogens (tertiary/aromatic N) is 1. The average Bonchev–Trinajstić information content (AvgIpc) is 3.14. The number of hydrogen-bond donors (Lipinski definition) is 1. The van der Waals surface area contributed by atoms with Gasteiger partial charge in [0, 0.05) is 29.5 Å². The highest BCUT2D eigenvalue weighted by Crippen LogP contribution is 2.35. The van der Waals surface area contributed by atoms with Crippen molar-refractivity contribution in [1.29, 1.82) is 0 Å². The van der Waals surface area contributed by atoms with Gasteiger partial charge in [-0.05, 0) is 38.1 Å². The third-order valence-electron chi connectivity index (χ3n) is 5.00. The molecule has 1 aromatic heterocycles. The predicted octanol–water partition coefficient (Wildman–Crippen LogP) is 3.43. The lowest BCUT2D eigenvalue weighted by molar-refractivity contribution is -0.124. The minimum atomic E-state index is -0.643. The van der Waals surface area contributed by atoms with Gasteiger partial charge < -0.3 is 19.5 Å². The van der Waals surface area contributed by atoms with E-state index in [0.717, 1.165) is 34.4 Å². The summed E-state index contributed by atoms with van der Waals surface area (Å²) in [5.74, 6) is 0.479. The maximum absolute atomic E-state index is 12.3. The van der Waals surface area contributed by atoms with E-state index in [-0.39, 0.29) is 18.3 Å². The summed E-state index contributed by atoms with van der Waals surface area (Å²) < 4.78 is 16.6. The molecule has 0 unspecified atom stereocenters. The molecule has 1 aliphatic rings. The monoisotopic (exact) mass is 420 g/mol. The van der Waals surface area contributed by atoms with Gasteiger partial charge in [0.2, 0.25) is 0 Å². The molecule has 3 aromatic rings. The molecule has 0 fully saturated rings. The van der Waals surface area contributed by atoms with Crippen LogP contribution in [0.3, 0.4) is 0 Å². The molecular formula is C24H24N2O5. The smallest absolute Gasteiger partial charge is 0.357 e. The summed E-state index contributed by atoms with van der Waals surface area (Å²) in [7, 11) is 0.